The Hall–Kier alpha value is -1.36. The number of rotatable bonds is 3. The highest BCUT2D eigenvalue weighted by molar-refractivity contribution is 7.15. The number of anilines is 1. The fourth-order valence-electron chi connectivity index (χ4n) is 3.19. The summed E-state index contributed by atoms with van der Waals surface area (Å²) in [5.74, 6) is 1.50. The summed E-state index contributed by atoms with van der Waals surface area (Å²) in [6.07, 6.45) is 7.90. The number of aromatic nitrogens is 2. The van der Waals surface area contributed by atoms with Gasteiger partial charge in [-0.3, -0.25) is 9.20 Å². The van der Waals surface area contributed by atoms with E-state index in [2.05, 4.69) is 23.9 Å². The molecule has 0 radical (unpaired) electrons. The molecule has 5 heteroatoms. The van der Waals surface area contributed by atoms with E-state index in [0.717, 1.165) is 17.1 Å². The largest absolute Gasteiger partial charge is 0.354 e. The van der Waals surface area contributed by atoms with E-state index in [-0.39, 0.29) is 0 Å². The maximum Gasteiger partial charge on any atom is 0.196 e. The van der Waals surface area contributed by atoms with Crippen LogP contribution in [0.4, 0.5) is 5.82 Å². The molecular weight excluding hydrogens is 258 g/mol. The van der Waals surface area contributed by atoms with Crippen LogP contribution in [0.1, 0.15) is 43.1 Å². The highest BCUT2D eigenvalue weighted by Crippen LogP contribution is 2.32. The number of aldehydes is 1. The average molecular weight is 277 g/mol. The molecule has 2 atom stereocenters. The molecule has 4 nitrogen and oxygen atoms in total. The second-order valence-electron chi connectivity index (χ2n) is 5.43. The van der Waals surface area contributed by atoms with Crippen molar-refractivity contribution >= 4 is 28.4 Å². The van der Waals surface area contributed by atoms with Gasteiger partial charge < -0.3 is 4.90 Å². The summed E-state index contributed by atoms with van der Waals surface area (Å²) < 4.78 is 1.89. The van der Waals surface area contributed by atoms with E-state index in [0.29, 0.717) is 17.7 Å². The lowest BCUT2D eigenvalue weighted by atomic mass is 9.85. The van der Waals surface area contributed by atoms with Crippen molar-refractivity contribution in [3.8, 4) is 0 Å². The number of hydrogen-bond acceptors (Lipinski definition) is 4. The first-order valence-electron chi connectivity index (χ1n) is 6.86. The van der Waals surface area contributed by atoms with Crippen LogP contribution in [-0.2, 0) is 0 Å². The zero-order chi connectivity index (χ0) is 13.4. The van der Waals surface area contributed by atoms with E-state index >= 15 is 0 Å². The molecule has 2 aromatic heterocycles. The second-order valence-corrected chi connectivity index (χ2v) is 6.31. The SMILES string of the molecule is CC1CCCCC1N(C)c1nc2sccn2c1C=O. The monoisotopic (exact) mass is 277 g/mol. The van der Waals surface area contributed by atoms with Gasteiger partial charge in [0.2, 0.25) is 0 Å². The molecular formula is C14H19N3OS. The van der Waals surface area contributed by atoms with Crippen molar-refractivity contribution < 1.29 is 4.79 Å². The smallest absolute Gasteiger partial charge is 0.196 e. The van der Waals surface area contributed by atoms with E-state index in [1.54, 1.807) is 11.3 Å². The Kier molecular flexibility index (Phi) is 3.31. The third-order valence-corrected chi connectivity index (χ3v) is 5.05. The summed E-state index contributed by atoms with van der Waals surface area (Å²) in [6, 6.07) is 0.497. The van der Waals surface area contributed by atoms with Crippen LogP contribution in [0.2, 0.25) is 0 Å². The van der Waals surface area contributed by atoms with Gasteiger partial charge in [0, 0.05) is 24.7 Å². The van der Waals surface area contributed by atoms with Gasteiger partial charge in [-0.05, 0) is 18.8 Å². The van der Waals surface area contributed by atoms with Crippen LogP contribution in [0.15, 0.2) is 11.6 Å². The van der Waals surface area contributed by atoms with Gasteiger partial charge in [0.25, 0.3) is 0 Å². The number of thiazole rings is 1. The molecule has 1 saturated carbocycles. The molecule has 0 spiro atoms. The fourth-order valence-corrected chi connectivity index (χ4v) is 3.91. The van der Waals surface area contributed by atoms with Gasteiger partial charge in [0.1, 0.15) is 5.69 Å². The summed E-state index contributed by atoms with van der Waals surface area (Å²) in [4.78, 5) is 19.1. The lowest BCUT2D eigenvalue weighted by Crippen LogP contribution is -2.39. The Labute approximate surface area is 117 Å². The van der Waals surface area contributed by atoms with Crippen molar-refractivity contribution in [3.63, 3.8) is 0 Å². The number of carbonyl (C=O) groups is 1. The van der Waals surface area contributed by atoms with Crippen LogP contribution in [0, 0.1) is 5.92 Å². The van der Waals surface area contributed by atoms with Crippen molar-refractivity contribution in [2.45, 2.75) is 38.6 Å². The van der Waals surface area contributed by atoms with Crippen molar-refractivity contribution in [1.82, 2.24) is 9.38 Å². The molecule has 2 unspecified atom stereocenters. The van der Waals surface area contributed by atoms with Crippen molar-refractivity contribution in [1.29, 1.82) is 0 Å². The summed E-state index contributed by atoms with van der Waals surface area (Å²) >= 11 is 1.57. The summed E-state index contributed by atoms with van der Waals surface area (Å²) in [5, 5.41) is 1.96. The Morgan fingerprint density at radius 3 is 3.00 bits per heavy atom. The molecule has 19 heavy (non-hydrogen) atoms. The number of nitrogens with zero attached hydrogens (tertiary/aromatic N) is 3. The van der Waals surface area contributed by atoms with Crippen LogP contribution < -0.4 is 4.90 Å². The maximum atomic E-state index is 11.4. The molecule has 0 aromatic carbocycles. The van der Waals surface area contributed by atoms with Crippen LogP contribution >= 0.6 is 11.3 Å². The third-order valence-electron chi connectivity index (χ3n) is 4.29. The minimum Gasteiger partial charge on any atom is -0.354 e. The predicted octanol–water partition coefficient (Wildman–Crippen LogP) is 3.22. The molecule has 2 aromatic rings. The van der Waals surface area contributed by atoms with Crippen molar-refractivity contribution in [2.75, 3.05) is 11.9 Å². The topological polar surface area (TPSA) is 37.6 Å². The van der Waals surface area contributed by atoms with Crippen molar-refractivity contribution in [2.24, 2.45) is 5.92 Å². The van der Waals surface area contributed by atoms with Gasteiger partial charge >= 0.3 is 0 Å². The van der Waals surface area contributed by atoms with Crippen LogP contribution in [0.5, 0.6) is 0 Å². The summed E-state index contributed by atoms with van der Waals surface area (Å²) in [7, 11) is 2.08. The first kappa shape index (κ1) is 12.7. The Morgan fingerprint density at radius 2 is 2.26 bits per heavy atom. The van der Waals surface area contributed by atoms with Crippen LogP contribution in [-0.4, -0.2) is 28.8 Å². The molecule has 1 aliphatic carbocycles. The average Bonchev–Trinajstić information content (AvgIpc) is 2.98. The quantitative estimate of drug-likeness (QED) is 0.808. The van der Waals surface area contributed by atoms with E-state index in [4.69, 9.17) is 0 Å². The van der Waals surface area contributed by atoms with Gasteiger partial charge in [-0.25, -0.2) is 4.98 Å². The lowest BCUT2D eigenvalue weighted by Gasteiger charge is -2.36. The fraction of sp³-hybridized carbons (Fsp3) is 0.571. The normalized spacial score (nSPS) is 23.7. The highest BCUT2D eigenvalue weighted by Gasteiger charge is 2.28. The zero-order valence-electron chi connectivity index (χ0n) is 11.4. The van der Waals surface area contributed by atoms with E-state index in [1.165, 1.54) is 25.7 Å². The molecule has 0 amide bonds. The predicted molar refractivity (Wildman–Crippen MR) is 78.3 cm³/mol. The second kappa shape index (κ2) is 4.96. The van der Waals surface area contributed by atoms with Gasteiger partial charge in [-0.1, -0.05) is 19.8 Å². The van der Waals surface area contributed by atoms with E-state index in [1.807, 2.05) is 16.0 Å². The first-order chi connectivity index (χ1) is 9.22. The van der Waals surface area contributed by atoms with E-state index in [9.17, 15) is 4.79 Å². The lowest BCUT2D eigenvalue weighted by molar-refractivity contribution is 0.111. The van der Waals surface area contributed by atoms with Gasteiger partial charge in [-0.15, -0.1) is 11.3 Å². The van der Waals surface area contributed by atoms with Gasteiger partial charge in [-0.2, -0.15) is 0 Å². The zero-order valence-corrected chi connectivity index (χ0v) is 12.2. The third kappa shape index (κ3) is 2.06. The number of hydrogen-bond donors (Lipinski definition) is 0. The molecule has 0 aliphatic heterocycles. The van der Waals surface area contributed by atoms with Crippen molar-refractivity contribution in [3.05, 3.63) is 17.3 Å². The molecule has 0 bridgehead atoms. The molecule has 1 fully saturated rings. The van der Waals surface area contributed by atoms with Crippen LogP contribution in [0.3, 0.4) is 0 Å². The Bertz CT molecular complexity index is 589. The number of imidazole rings is 1. The van der Waals surface area contributed by atoms with Gasteiger partial charge in [0.05, 0.1) is 0 Å². The summed E-state index contributed by atoms with van der Waals surface area (Å²) in [6.45, 7) is 2.30. The summed E-state index contributed by atoms with van der Waals surface area (Å²) in [5.41, 5.74) is 0.677. The Morgan fingerprint density at radius 1 is 1.47 bits per heavy atom. The Balaban J connectivity index is 1.98. The van der Waals surface area contributed by atoms with Gasteiger partial charge in [0.15, 0.2) is 17.1 Å². The maximum absolute atomic E-state index is 11.4. The number of carbonyl (C=O) groups excluding carboxylic acids is 1. The van der Waals surface area contributed by atoms with E-state index < -0.39 is 0 Å². The minimum absolute atomic E-state index is 0.497. The molecule has 3 rings (SSSR count). The number of fused-ring (bicyclic) bond motifs is 1. The standard InChI is InChI=1S/C14H19N3OS/c1-10-5-3-4-6-11(10)16(2)13-12(9-18)17-7-8-19-14(17)15-13/h7-11H,3-6H2,1-2H3. The molecule has 0 saturated heterocycles. The molecule has 0 N–H and O–H groups in total. The first-order valence-corrected chi connectivity index (χ1v) is 7.74. The molecule has 2 heterocycles. The highest BCUT2D eigenvalue weighted by atomic mass is 32.1. The van der Waals surface area contributed by atoms with Crippen LogP contribution in [0.25, 0.3) is 4.96 Å². The minimum atomic E-state index is 0.497. The molecule has 102 valence electrons. The molecule has 1 aliphatic rings.